The van der Waals surface area contributed by atoms with Crippen LogP contribution in [0.3, 0.4) is 0 Å². The first kappa shape index (κ1) is 22.0. The molecule has 1 saturated heterocycles. The number of rotatable bonds is 4. The van der Waals surface area contributed by atoms with Gasteiger partial charge in [-0.25, -0.2) is 4.39 Å². The Morgan fingerprint density at radius 1 is 0.971 bits per heavy atom. The van der Waals surface area contributed by atoms with Crippen LogP contribution in [0.2, 0.25) is 0 Å². The molecule has 0 bridgehead atoms. The summed E-state index contributed by atoms with van der Waals surface area (Å²) < 4.78 is 21.8. The van der Waals surface area contributed by atoms with E-state index in [0.717, 1.165) is 59.5 Å². The predicted octanol–water partition coefficient (Wildman–Crippen LogP) is 5.63. The van der Waals surface area contributed by atoms with Crippen molar-refractivity contribution in [2.45, 2.75) is 25.3 Å². The first-order valence-electron chi connectivity index (χ1n) is 11.4. The largest absolute Gasteiger partial charge is 0.494 e. The van der Waals surface area contributed by atoms with Gasteiger partial charge in [-0.3, -0.25) is 0 Å². The molecule has 2 N–H and O–H groups in total. The molecule has 1 aliphatic heterocycles. The molecule has 2 heterocycles. The van der Waals surface area contributed by atoms with Crippen LogP contribution in [0.25, 0.3) is 27.8 Å². The zero-order valence-electron chi connectivity index (χ0n) is 19.4. The highest BCUT2D eigenvalue weighted by Gasteiger charge is 2.26. The van der Waals surface area contributed by atoms with Gasteiger partial charge in [0.1, 0.15) is 0 Å². The van der Waals surface area contributed by atoms with E-state index in [1.54, 1.807) is 18.2 Å². The highest BCUT2D eigenvalue weighted by Crippen LogP contribution is 2.36. The molecule has 0 saturated carbocycles. The lowest BCUT2D eigenvalue weighted by atomic mass is 9.91. The second-order valence-electron chi connectivity index (χ2n) is 9.26. The molecule has 1 aromatic heterocycles. The number of ether oxygens (including phenoxy) is 1. The van der Waals surface area contributed by atoms with Crippen LogP contribution in [0, 0.1) is 17.1 Å². The molecule has 0 aliphatic carbocycles. The number of benzene rings is 3. The average Bonchev–Trinajstić information content (AvgIpc) is 3.23. The van der Waals surface area contributed by atoms with Gasteiger partial charge in [0.05, 0.1) is 30.0 Å². The summed E-state index contributed by atoms with van der Waals surface area (Å²) in [5, 5.41) is 10.3. The van der Waals surface area contributed by atoms with Crippen LogP contribution in [-0.2, 0) is 0 Å². The number of fused-ring (bicyclic) bond motifs is 1. The van der Waals surface area contributed by atoms with Gasteiger partial charge in [0, 0.05) is 41.0 Å². The van der Waals surface area contributed by atoms with E-state index in [9.17, 15) is 9.65 Å². The zero-order valence-corrected chi connectivity index (χ0v) is 19.4. The third kappa shape index (κ3) is 4.00. The molecule has 5 nitrogen and oxygen atoms in total. The van der Waals surface area contributed by atoms with E-state index in [1.165, 1.54) is 13.2 Å². The molecule has 0 unspecified atom stereocenters. The number of piperidine rings is 1. The van der Waals surface area contributed by atoms with Crippen molar-refractivity contribution in [3.63, 3.8) is 0 Å². The van der Waals surface area contributed by atoms with Gasteiger partial charge >= 0.3 is 0 Å². The Bertz CT molecular complexity index is 1390. The predicted molar refractivity (Wildman–Crippen MR) is 134 cm³/mol. The summed E-state index contributed by atoms with van der Waals surface area (Å²) in [5.41, 5.74) is 11.5. The van der Waals surface area contributed by atoms with Gasteiger partial charge in [-0.05, 0) is 86.5 Å². The molecule has 0 radical (unpaired) electrons. The number of methoxy groups -OCH3 is 1. The van der Waals surface area contributed by atoms with Crippen LogP contribution in [0.5, 0.6) is 5.75 Å². The third-order valence-corrected chi connectivity index (χ3v) is 6.76. The zero-order chi connectivity index (χ0) is 23.9. The van der Waals surface area contributed by atoms with Crippen LogP contribution in [0.1, 0.15) is 25.3 Å². The van der Waals surface area contributed by atoms with Crippen LogP contribution < -0.4 is 15.4 Å². The normalized spacial score (nSPS) is 15.3. The molecule has 0 spiro atoms. The summed E-state index contributed by atoms with van der Waals surface area (Å²) in [5.74, 6) is -0.195. The minimum atomic E-state index is -0.407. The van der Waals surface area contributed by atoms with E-state index in [1.807, 2.05) is 18.2 Å². The number of halogens is 1. The second-order valence-corrected chi connectivity index (χ2v) is 9.26. The van der Waals surface area contributed by atoms with Crippen molar-refractivity contribution in [1.29, 1.82) is 5.26 Å². The monoisotopic (exact) mass is 454 g/mol. The molecule has 0 atom stereocenters. The van der Waals surface area contributed by atoms with Crippen LogP contribution in [0.15, 0.2) is 66.7 Å². The minimum Gasteiger partial charge on any atom is -0.494 e. The Kier molecular flexibility index (Phi) is 5.51. The van der Waals surface area contributed by atoms with Gasteiger partial charge in [-0.2, -0.15) is 5.26 Å². The molecule has 6 heteroatoms. The molecule has 172 valence electrons. The van der Waals surface area contributed by atoms with Gasteiger partial charge in [0.15, 0.2) is 11.6 Å². The van der Waals surface area contributed by atoms with Gasteiger partial charge in [0.2, 0.25) is 0 Å². The Morgan fingerprint density at radius 3 is 2.32 bits per heavy atom. The van der Waals surface area contributed by atoms with Gasteiger partial charge in [-0.15, -0.1) is 0 Å². The number of nitriles is 1. The van der Waals surface area contributed by atoms with E-state index in [0.29, 0.717) is 5.56 Å². The van der Waals surface area contributed by atoms with Crippen molar-refractivity contribution >= 4 is 16.6 Å². The summed E-state index contributed by atoms with van der Waals surface area (Å²) in [6, 6.07) is 23.1. The van der Waals surface area contributed by atoms with Gasteiger partial charge < -0.3 is 19.9 Å². The summed E-state index contributed by atoms with van der Waals surface area (Å²) in [4.78, 5) is 2.37. The topological polar surface area (TPSA) is 67.2 Å². The summed E-state index contributed by atoms with van der Waals surface area (Å²) in [6.45, 7) is 3.96. The van der Waals surface area contributed by atoms with Crippen molar-refractivity contribution in [2.75, 3.05) is 25.1 Å². The molecular weight excluding hydrogens is 427 g/mol. The van der Waals surface area contributed by atoms with E-state index in [2.05, 4.69) is 46.7 Å². The lowest BCUT2D eigenvalue weighted by Crippen LogP contribution is -2.48. The van der Waals surface area contributed by atoms with E-state index >= 15 is 0 Å². The SMILES string of the molecule is COc1ccc(-c2cc3cc(N4CCC(C)(N)CC4)ccc3n2-c2ccc(C#N)cc2)cc1F. The number of aromatic nitrogens is 1. The Hall–Kier alpha value is -3.82. The second kappa shape index (κ2) is 8.51. The van der Waals surface area contributed by atoms with Crippen molar-refractivity contribution in [3.05, 3.63) is 78.1 Å². The van der Waals surface area contributed by atoms with Crippen molar-refractivity contribution in [1.82, 2.24) is 4.57 Å². The number of hydrogen-bond donors (Lipinski definition) is 1. The molecule has 4 aromatic rings. The summed E-state index contributed by atoms with van der Waals surface area (Å²) >= 11 is 0. The van der Waals surface area contributed by atoms with Gasteiger partial charge in [-0.1, -0.05) is 0 Å². The highest BCUT2D eigenvalue weighted by atomic mass is 19.1. The van der Waals surface area contributed by atoms with Crippen molar-refractivity contribution < 1.29 is 9.13 Å². The fourth-order valence-corrected chi connectivity index (χ4v) is 4.68. The Morgan fingerprint density at radius 2 is 1.68 bits per heavy atom. The quantitative estimate of drug-likeness (QED) is 0.434. The number of nitrogens with two attached hydrogens (primary N) is 1. The summed E-state index contributed by atoms with van der Waals surface area (Å²) in [7, 11) is 1.46. The molecule has 1 aliphatic rings. The Labute approximate surface area is 198 Å². The van der Waals surface area contributed by atoms with Gasteiger partial charge in [0.25, 0.3) is 0 Å². The highest BCUT2D eigenvalue weighted by molar-refractivity contribution is 5.91. The fraction of sp³-hybridized carbons (Fsp3) is 0.250. The van der Waals surface area contributed by atoms with Crippen molar-refractivity contribution in [3.8, 4) is 28.8 Å². The number of anilines is 1. The Balaban J connectivity index is 1.64. The first-order valence-corrected chi connectivity index (χ1v) is 11.4. The van der Waals surface area contributed by atoms with Crippen molar-refractivity contribution in [2.24, 2.45) is 5.73 Å². The molecule has 34 heavy (non-hydrogen) atoms. The van der Waals surface area contributed by atoms with Crippen LogP contribution >= 0.6 is 0 Å². The lowest BCUT2D eigenvalue weighted by Gasteiger charge is -2.38. The lowest BCUT2D eigenvalue weighted by molar-refractivity contribution is 0.364. The smallest absolute Gasteiger partial charge is 0.165 e. The maximum atomic E-state index is 14.6. The number of nitrogens with zero attached hydrogens (tertiary/aromatic N) is 3. The maximum Gasteiger partial charge on any atom is 0.165 e. The first-order chi connectivity index (χ1) is 16.4. The molecule has 3 aromatic carbocycles. The van der Waals surface area contributed by atoms with E-state index < -0.39 is 5.82 Å². The standard InChI is InChI=1S/C28H27FN4O/c1-28(31)11-13-32(14-12-28)23-8-9-25-21(15-23)17-26(20-5-10-27(34-2)24(29)16-20)33(25)22-6-3-19(18-30)4-7-22/h3-10,15-17H,11-14,31H2,1-2H3. The minimum absolute atomic E-state index is 0.106. The van der Waals surface area contributed by atoms with E-state index in [-0.39, 0.29) is 11.3 Å². The molecule has 0 amide bonds. The summed E-state index contributed by atoms with van der Waals surface area (Å²) in [6.07, 6.45) is 1.90. The molecule has 5 rings (SSSR count). The molecular formula is C28H27FN4O. The maximum absolute atomic E-state index is 14.6. The van der Waals surface area contributed by atoms with Crippen LogP contribution in [0.4, 0.5) is 10.1 Å². The molecule has 1 fully saturated rings. The van der Waals surface area contributed by atoms with E-state index in [4.69, 9.17) is 10.5 Å². The third-order valence-electron chi connectivity index (χ3n) is 6.76. The average molecular weight is 455 g/mol. The van der Waals surface area contributed by atoms with Crippen LogP contribution in [-0.4, -0.2) is 30.3 Å². The number of hydrogen-bond acceptors (Lipinski definition) is 4. The fourth-order valence-electron chi connectivity index (χ4n) is 4.68.